The molecule has 0 atom stereocenters. The Bertz CT molecular complexity index is 564. The molecule has 2 aromatic rings. The summed E-state index contributed by atoms with van der Waals surface area (Å²) in [6.07, 6.45) is -4.21. The first kappa shape index (κ1) is 16.0. The van der Waals surface area contributed by atoms with Crippen LogP contribution in [0, 0.1) is 0 Å². The SMILES string of the molecule is CCCNCc1sc(CC(F)(F)F)nc1-c1ccccc1. The van der Waals surface area contributed by atoms with Crippen molar-refractivity contribution in [1.29, 1.82) is 0 Å². The molecule has 1 heterocycles. The fraction of sp³-hybridized carbons (Fsp3) is 0.400. The van der Waals surface area contributed by atoms with E-state index in [9.17, 15) is 13.2 Å². The van der Waals surface area contributed by atoms with E-state index < -0.39 is 12.6 Å². The summed E-state index contributed by atoms with van der Waals surface area (Å²) in [6, 6.07) is 9.34. The minimum atomic E-state index is -4.22. The van der Waals surface area contributed by atoms with Gasteiger partial charge in [-0.2, -0.15) is 13.2 Å². The number of hydrogen-bond donors (Lipinski definition) is 1. The second-order valence-corrected chi connectivity index (χ2v) is 5.88. The van der Waals surface area contributed by atoms with Crippen molar-refractivity contribution in [2.45, 2.75) is 32.5 Å². The van der Waals surface area contributed by atoms with Crippen molar-refractivity contribution in [1.82, 2.24) is 10.3 Å². The van der Waals surface area contributed by atoms with Gasteiger partial charge < -0.3 is 5.32 Å². The van der Waals surface area contributed by atoms with Crippen LogP contribution in [-0.2, 0) is 13.0 Å². The van der Waals surface area contributed by atoms with Gasteiger partial charge in [-0.1, -0.05) is 37.3 Å². The summed E-state index contributed by atoms with van der Waals surface area (Å²) in [4.78, 5) is 5.06. The van der Waals surface area contributed by atoms with Crippen LogP contribution in [0.2, 0.25) is 0 Å². The minimum Gasteiger partial charge on any atom is -0.312 e. The largest absolute Gasteiger partial charge is 0.395 e. The lowest BCUT2D eigenvalue weighted by atomic mass is 10.1. The molecule has 6 heteroatoms. The highest BCUT2D eigenvalue weighted by Gasteiger charge is 2.30. The lowest BCUT2D eigenvalue weighted by molar-refractivity contribution is -0.127. The molecular formula is C15H17F3N2S. The van der Waals surface area contributed by atoms with Crippen molar-refractivity contribution in [3.05, 3.63) is 40.2 Å². The zero-order chi connectivity index (χ0) is 15.3. The van der Waals surface area contributed by atoms with Gasteiger partial charge in [0.15, 0.2) is 0 Å². The number of aromatic nitrogens is 1. The van der Waals surface area contributed by atoms with Crippen molar-refractivity contribution in [2.24, 2.45) is 0 Å². The van der Waals surface area contributed by atoms with E-state index in [4.69, 9.17) is 0 Å². The zero-order valence-electron chi connectivity index (χ0n) is 11.7. The van der Waals surface area contributed by atoms with E-state index in [1.807, 2.05) is 37.3 Å². The van der Waals surface area contributed by atoms with Crippen molar-refractivity contribution in [3.8, 4) is 11.3 Å². The van der Waals surface area contributed by atoms with Gasteiger partial charge in [-0.05, 0) is 13.0 Å². The topological polar surface area (TPSA) is 24.9 Å². The van der Waals surface area contributed by atoms with Crippen LogP contribution in [0.1, 0.15) is 23.2 Å². The number of benzene rings is 1. The van der Waals surface area contributed by atoms with Gasteiger partial charge in [0.2, 0.25) is 0 Å². The number of nitrogens with zero attached hydrogens (tertiary/aromatic N) is 1. The first-order valence-corrected chi connectivity index (χ1v) is 7.62. The molecule has 2 nitrogen and oxygen atoms in total. The molecule has 0 radical (unpaired) electrons. The first-order valence-electron chi connectivity index (χ1n) is 6.81. The first-order chi connectivity index (χ1) is 9.99. The summed E-state index contributed by atoms with van der Waals surface area (Å²) in [5.74, 6) is 0. The molecule has 1 N–H and O–H groups in total. The molecule has 1 aromatic carbocycles. The smallest absolute Gasteiger partial charge is 0.312 e. The Hall–Kier alpha value is -1.40. The summed E-state index contributed by atoms with van der Waals surface area (Å²) in [7, 11) is 0. The van der Waals surface area contributed by atoms with Gasteiger partial charge in [-0.15, -0.1) is 11.3 Å². The highest BCUT2D eigenvalue weighted by atomic mass is 32.1. The average molecular weight is 314 g/mol. The molecule has 114 valence electrons. The summed E-state index contributed by atoms with van der Waals surface area (Å²) < 4.78 is 37.6. The van der Waals surface area contributed by atoms with E-state index in [2.05, 4.69) is 10.3 Å². The Kier molecular flexibility index (Phi) is 5.36. The highest BCUT2D eigenvalue weighted by molar-refractivity contribution is 7.12. The summed E-state index contributed by atoms with van der Waals surface area (Å²) in [6.45, 7) is 3.43. The van der Waals surface area contributed by atoms with Crippen LogP contribution in [0.5, 0.6) is 0 Å². The van der Waals surface area contributed by atoms with Gasteiger partial charge in [-0.25, -0.2) is 4.98 Å². The molecule has 0 fully saturated rings. The van der Waals surface area contributed by atoms with Crippen molar-refractivity contribution in [3.63, 3.8) is 0 Å². The van der Waals surface area contributed by atoms with Crippen molar-refractivity contribution < 1.29 is 13.2 Å². The highest BCUT2D eigenvalue weighted by Crippen LogP contribution is 2.31. The Balaban J connectivity index is 2.27. The minimum absolute atomic E-state index is 0.120. The molecule has 21 heavy (non-hydrogen) atoms. The maximum absolute atomic E-state index is 12.5. The molecular weight excluding hydrogens is 297 g/mol. The molecule has 0 bridgehead atoms. The molecule has 0 aliphatic heterocycles. The van der Waals surface area contributed by atoms with Crippen LogP contribution in [0.3, 0.4) is 0 Å². The van der Waals surface area contributed by atoms with Crippen LogP contribution in [0.25, 0.3) is 11.3 Å². The van der Waals surface area contributed by atoms with E-state index in [-0.39, 0.29) is 5.01 Å². The molecule has 0 aliphatic rings. The third-order valence-corrected chi connectivity index (χ3v) is 3.91. The van der Waals surface area contributed by atoms with Crippen LogP contribution in [0.4, 0.5) is 13.2 Å². The van der Waals surface area contributed by atoms with Gasteiger partial charge >= 0.3 is 6.18 Å². The number of nitrogens with one attached hydrogen (secondary N) is 1. The Morgan fingerprint density at radius 2 is 1.90 bits per heavy atom. The van der Waals surface area contributed by atoms with Crippen molar-refractivity contribution >= 4 is 11.3 Å². The van der Waals surface area contributed by atoms with Crippen LogP contribution >= 0.6 is 11.3 Å². The number of alkyl halides is 3. The fourth-order valence-electron chi connectivity index (χ4n) is 1.97. The Labute approximate surface area is 126 Å². The number of halogens is 3. The molecule has 0 saturated carbocycles. The van der Waals surface area contributed by atoms with E-state index in [0.717, 1.165) is 34.7 Å². The zero-order valence-corrected chi connectivity index (χ0v) is 12.5. The standard InChI is InChI=1S/C15H17F3N2S/c1-2-8-19-10-12-14(11-6-4-3-5-7-11)20-13(21-12)9-15(16,17)18/h3-7,19H,2,8-10H2,1H3. The number of thiazole rings is 1. The maximum atomic E-state index is 12.5. The van der Waals surface area contributed by atoms with E-state index >= 15 is 0 Å². The molecule has 2 rings (SSSR count). The summed E-state index contributed by atoms with van der Waals surface area (Å²) >= 11 is 1.14. The lowest BCUT2D eigenvalue weighted by Gasteiger charge is -2.03. The third kappa shape index (κ3) is 4.82. The Morgan fingerprint density at radius 3 is 2.52 bits per heavy atom. The summed E-state index contributed by atoms with van der Waals surface area (Å²) in [5, 5.41) is 3.35. The average Bonchev–Trinajstić information content (AvgIpc) is 2.81. The Morgan fingerprint density at radius 1 is 1.19 bits per heavy atom. The van der Waals surface area contributed by atoms with Gasteiger partial charge in [0.05, 0.1) is 12.1 Å². The number of rotatable bonds is 6. The molecule has 0 spiro atoms. The van der Waals surface area contributed by atoms with E-state index in [0.29, 0.717) is 12.2 Å². The second-order valence-electron chi connectivity index (χ2n) is 4.71. The molecule has 0 amide bonds. The summed E-state index contributed by atoms with van der Waals surface area (Å²) in [5.41, 5.74) is 1.51. The monoisotopic (exact) mass is 314 g/mol. The van der Waals surface area contributed by atoms with Gasteiger partial charge in [0.25, 0.3) is 0 Å². The molecule has 0 saturated heterocycles. The van der Waals surface area contributed by atoms with E-state index in [1.54, 1.807) is 0 Å². The van der Waals surface area contributed by atoms with Crippen LogP contribution < -0.4 is 5.32 Å². The quantitative estimate of drug-likeness (QED) is 0.799. The van der Waals surface area contributed by atoms with Gasteiger partial charge in [0, 0.05) is 17.0 Å². The second kappa shape index (κ2) is 7.04. The van der Waals surface area contributed by atoms with E-state index in [1.165, 1.54) is 0 Å². The van der Waals surface area contributed by atoms with Crippen LogP contribution in [0.15, 0.2) is 30.3 Å². The normalized spacial score (nSPS) is 11.8. The predicted molar refractivity (Wildman–Crippen MR) is 79.3 cm³/mol. The maximum Gasteiger partial charge on any atom is 0.395 e. The fourth-order valence-corrected chi connectivity index (χ4v) is 3.06. The predicted octanol–water partition coefficient (Wildman–Crippen LogP) is 4.41. The van der Waals surface area contributed by atoms with Gasteiger partial charge in [-0.3, -0.25) is 0 Å². The molecule has 0 aliphatic carbocycles. The van der Waals surface area contributed by atoms with Crippen molar-refractivity contribution in [2.75, 3.05) is 6.54 Å². The lowest BCUT2D eigenvalue weighted by Crippen LogP contribution is -2.13. The van der Waals surface area contributed by atoms with Gasteiger partial charge in [0.1, 0.15) is 5.01 Å². The van der Waals surface area contributed by atoms with Crippen LogP contribution in [-0.4, -0.2) is 17.7 Å². The molecule has 0 unspecified atom stereocenters. The number of hydrogen-bond acceptors (Lipinski definition) is 3. The molecule has 1 aromatic heterocycles. The third-order valence-electron chi connectivity index (χ3n) is 2.85.